The van der Waals surface area contributed by atoms with Crippen LogP contribution in [0.4, 0.5) is 4.79 Å². The normalized spacial score (nSPS) is 15.4. The Kier molecular flexibility index (Phi) is 4.47. The molecule has 19 heavy (non-hydrogen) atoms. The number of hydrogen-bond donors (Lipinski definition) is 0. The Morgan fingerprint density at radius 1 is 1.11 bits per heavy atom. The van der Waals surface area contributed by atoms with Crippen LogP contribution in [0, 0.1) is 5.41 Å². The molecule has 0 bridgehead atoms. The summed E-state index contributed by atoms with van der Waals surface area (Å²) in [5, 5.41) is 0.341. The number of ether oxygens (including phenoxy) is 2. The zero-order valence-corrected chi connectivity index (χ0v) is 10.9. The Morgan fingerprint density at radius 3 is 2.11 bits per heavy atom. The summed E-state index contributed by atoms with van der Waals surface area (Å²) in [5.41, 5.74) is -0.728. The number of hydroxylamine groups is 2. The van der Waals surface area contributed by atoms with Gasteiger partial charge in [-0.05, 0) is 20.8 Å². The summed E-state index contributed by atoms with van der Waals surface area (Å²) in [6, 6.07) is 0. The van der Waals surface area contributed by atoms with Crippen molar-refractivity contribution in [1.82, 2.24) is 5.06 Å². The summed E-state index contributed by atoms with van der Waals surface area (Å²) >= 11 is 0. The number of nitrogens with zero attached hydrogens (tertiary/aromatic N) is 1. The molecule has 0 radical (unpaired) electrons. The number of esters is 1. The molecule has 8 nitrogen and oxygen atoms in total. The topological polar surface area (TPSA) is 99.2 Å². The molecule has 0 saturated carbocycles. The van der Waals surface area contributed by atoms with E-state index in [0.717, 1.165) is 0 Å². The van der Waals surface area contributed by atoms with Gasteiger partial charge < -0.3 is 9.47 Å². The lowest BCUT2D eigenvalue weighted by Gasteiger charge is -2.16. The van der Waals surface area contributed by atoms with Crippen molar-refractivity contribution in [2.24, 2.45) is 5.41 Å². The third-order valence-corrected chi connectivity index (χ3v) is 2.15. The van der Waals surface area contributed by atoms with Crippen molar-refractivity contribution < 1.29 is 33.5 Å². The predicted octanol–water partition coefficient (Wildman–Crippen LogP) is 0.750. The van der Waals surface area contributed by atoms with Gasteiger partial charge in [-0.25, -0.2) is 4.79 Å². The van der Waals surface area contributed by atoms with Crippen LogP contribution in [0.15, 0.2) is 0 Å². The first-order valence-electron chi connectivity index (χ1n) is 5.59. The number of rotatable bonds is 3. The maximum atomic E-state index is 11.3. The van der Waals surface area contributed by atoms with E-state index in [1.54, 1.807) is 20.8 Å². The van der Waals surface area contributed by atoms with Crippen LogP contribution in [0.2, 0.25) is 0 Å². The average Bonchev–Trinajstić information content (AvgIpc) is 2.59. The summed E-state index contributed by atoms with van der Waals surface area (Å²) in [4.78, 5) is 49.1. The third-order valence-electron chi connectivity index (χ3n) is 2.15. The van der Waals surface area contributed by atoms with E-state index in [9.17, 15) is 19.2 Å². The lowest BCUT2D eigenvalue weighted by Crippen LogP contribution is -2.33. The van der Waals surface area contributed by atoms with Crippen molar-refractivity contribution in [2.75, 3.05) is 6.79 Å². The number of carbonyl (C=O) groups is 4. The van der Waals surface area contributed by atoms with Gasteiger partial charge >= 0.3 is 12.1 Å². The van der Waals surface area contributed by atoms with Gasteiger partial charge in [0.25, 0.3) is 11.8 Å². The highest BCUT2D eigenvalue weighted by atomic mass is 16.9. The van der Waals surface area contributed by atoms with E-state index >= 15 is 0 Å². The number of carbonyl (C=O) groups excluding carboxylic acids is 4. The molecule has 0 spiro atoms. The van der Waals surface area contributed by atoms with Gasteiger partial charge in [0.1, 0.15) is 0 Å². The van der Waals surface area contributed by atoms with Crippen LogP contribution >= 0.6 is 0 Å². The van der Waals surface area contributed by atoms with E-state index in [1.165, 1.54) is 0 Å². The predicted molar refractivity (Wildman–Crippen MR) is 59.1 cm³/mol. The van der Waals surface area contributed by atoms with Gasteiger partial charge in [0.15, 0.2) is 0 Å². The Hall–Kier alpha value is -2.12. The average molecular weight is 273 g/mol. The molecule has 1 aliphatic heterocycles. The van der Waals surface area contributed by atoms with Crippen molar-refractivity contribution in [3.63, 3.8) is 0 Å². The smallest absolute Gasteiger partial charge is 0.427 e. The van der Waals surface area contributed by atoms with Crippen molar-refractivity contribution in [2.45, 2.75) is 33.6 Å². The molecule has 0 aliphatic carbocycles. The van der Waals surface area contributed by atoms with Crippen LogP contribution in [0.3, 0.4) is 0 Å². The minimum atomic E-state index is -1.29. The van der Waals surface area contributed by atoms with E-state index in [0.29, 0.717) is 5.06 Å². The van der Waals surface area contributed by atoms with Gasteiger partial charge in [0, 0.05) is 12.8 Å². The highest BCUT2D eigenvalue weighted by Gasteiger charge is 2.33. The fourth-order valence-corrected chi connectivity index (χ4v) is 1.11. The molecule has 0 aromatic carbocycles. The highest BCUT2D eigenvalue weighted by molar-refractivity contribution is 6.01. The molecular formula is C11H15NO7. The standard InChI is InChI=1S/C11H15NO7/c1-11(2,3)9(15)17-6-18-10(16)19-12-7(13)4-5-8(12)14/h4-6H2,1-3H3. The number of hydrogen-bond acceptors (Lipinski definition) is 7. The number of amides is 2. The minimum absolute atomic E-state index is 0.00881. The second kappa shape index (κ2) is 5.68. The lowest BCUT2D eigenvalue weighted by molar-refractivity contribution is -0.184. The summed E-state index contributed by atoms with van der Waals surface area (Å²) in [7, 11) is 0. The quantitative estimate of drug-likeness (QED) is 0.425. The van der Waals surface area contributed by atoms with Crippen molar-refractivity contribution in [3.8, 4) is 0 Å². The van der Waals surface area contributed by atoms with Gasteiger partial charge in [-0.3, -0.25) is 19.2 Å². The fraction of sp³-hybridized carbons (Fsp3) is 0.636. The van der Waals surface area contributed by atoms with Crippen molar-refractivity contribution in [3.05, 3.63) is 0 Å². The maximum absolute atomic E-state index is 11.3. The molecule has 0 aromatic rings. The molecule has 8 heteroatoms. The molecular weight excluding hydrogens is 258 g/mol. The van der Waals surface area contributed by atoms with Crippen LogP contribution in [0.25, 0.3) is 0 Å². The van der Waals surface area contributed by atoms with Gasteiger partial charge in [-0.2, -0.15) is 0 Å². The molecule has 0 aromatic heterocycles. The first-order chi connectivity index (χ1) is 8.71. The van der Waals surface area contributed by atoms with Crippen LogP contribution in [0.1, 0.15) is 33.6 Å². The molecule has 1 rings (SSSR count). The van der Waals surface area contributed by atoms with E-state index in [1.807, 2.05) is 0 Å². The zero-order valence-electron chi connectivity index (χ0n) is 10.9. The van der Waals surface area contributed by atoms with E-state index in [-0.39, 0.29) is 12.8 Å². The molecule has 0 atom stereocenters. The minimum Gasteiger partial charge on any atom is -0.427 e. The van der Waals surface area contributed by atoms with Gasteiger partial charge in [-0.1, -0.05) is 5.06 Å². The van der Waals surface area contributed by atoms with Crippen LogP contribution in [-0.4, -0.2) is 35.8 Å². The van der Waals surface area contributed by atoms with Gasteiger partial charge in [0.05, 0.1) is 5.41 Å². The SMILES string of the molecule is CC(C)(C)C(=O)OCOC(=O)ON1C(=O)CCC1=O. The molecule has 0 unspecified atom stereocenters. The molecule has 1 fully saturated rings. The van der Waals surface area contributed by atoms with Crippen LogP contribution in [-0.2, 0) is 28.7 Å². The molecule has 0 N–H and O–H groups in total. The molecule has 1 aliphatic rings. The second-order valence-electron chi connectivity index (χ2n) is 4.87. The molecule has 106 valence electrons. The third kappa shape index (κ3) is 4.23. The fourth-order valence-electron chi connectivity index (χ4n) is 1.11. The molecule has 1 heterocycles. The van der Waals surface area contributed by atoms with E-state index < -0.39 is 36.1 Å². The maximum Gasteiger partial charge on any atom is 0.536 e. The first-order valence-corrected chi connectivity index (χ1v) is 5.59. The van der Waals surface area contributed by atoms with Gasteiger partial charge in [-0.15, -0.1) is 0 Å². The van der Waals surface area contributed by atoms with E-state index in [2.05, 4.69) is 14.3 Å². The summed E-state index contributed by atoms with van der Waals surface area (Å²) in [5.74, 6) is -1.80. The molecule has 2 amide bonds. The second-order valence-corrected chi connectivity index (χ2v) is 4.87. The highest BCUT2D eigenvalue weighted by Crippen LogP contribution is 2.15. The summed E-state index contributed by atoms with van der Waals surface area (Å²) in [6.07, 6.45) is -1.30. The molecule has 1 saturated heterocycles. The summed E-state index contributed by atoms with van der Waals surface area (Å²) < 4.78 is 9.06. The Labute approximate surface area is 109 Å². The van der Waals surface area contributed by atoms with Gasteiger partial charge in [0.2, 0.25) is 6.79 Å². The van der Waals surface area contributed by atoms with Crippen LogP contribution in [0.5, 0.6) is 0 Å². The van der Waals surface area contributed by atoms with E-state index in [4.69, 9.17) is 0 Å². The Bertz CT molecular complexity index is 394. The lowest BCUT2D eigenvalue weighted by atomic mass is 9.98. The number of imide groups is 1. The van der Waals surface area contributed by atoms with Crippen molar-refractivity contribution in [1.29, 1.82) is 0 Å². The zero-order chi connectivity index (χ0) is 14.6. The Morgan fingerprint density at radius 2 is 1.63 bits per heavy atom. The monoisotopic (exact) mass is 273 g/mol. The Balaban J connectivity index is 2.31. The van der Waals surface area contributed by atoms with Crippen molar-refractivity contribution >= 4 is 23.9 Å². The first kappa shape index (κ1) is 14.9. The van der Waals surface area contributed by atoms with Crippen LogP contribution < -0.4 is 0 Å². The summed E-state index contributed by atoms with van der Waals surface area (Å²) in [6.45, 7) is 4.25. The largest absolute Gasteiger partial charge is 0.536 e.